The van der Waals surface area contributed by atoms with Gasteiger partial charge in [-0.05, 0) is 92.8 Å². The summed E-state index contributed by atoms with van der Waals surface area (Å²) in [6.45, 7) is 1.69. The molecule has 4 aromatic rings. The normalized spacial score (nSPS) is 13.2. The van der Waals surface area contributed by atoms with Crippen molar-refractivity contribution in [3.63, 3.8) is 0 Å². The van der Waals surface area contributed by atoms with E-state index in [0.717, 1.165) is 0 Å². The van der Waals surface area contributed by atoms with E-state index in [9.17, 15) is 23.6 Å². The lowest BCUT2D eigenvalue weighted by Gasteiger charge is -2.19. The molecule has 2 heterocycles. The van der Waals surface area contributed by atoms with E-state index >= 15 is 0 Å². The number of fused-ring (bicyclic) bond motifs is 1. The van der Waals surface area contributed by atoms with Gasteiger partial charge in [-0.15, -0.1) is 0 Å². The maximum Gasteiger partial charge on any atom is 0.336 e. The molecule has 1 fully saturated rings. The second-order valence-electron chi connectivity index (χ2n) is 9.79. The number of H-pyrrole nitrogens is 1. The minimum Gasteiger partial charge on any atom is -0.339 e. The molecule has 0 atom stereocenters. The Balaban J connectivity index is 1.77. The molecule has 3 N–H and O–H groups in total. The van der Waals surface area contributed by atoms with Crippen LogP contribution in [0.4, 0.5) is 21.6 Å². The number of aromatic amines is 1. The van der Waals surface area contributed by atoms with Gasteiger partial charge in [0.05, 0.1) is 23.4 Å². The number of halogens is 2. The number of likely N-dealkylation sites (N-methyl/N-ethyl adjacent to an activating group) is 1. The number of hydrogen-bond donors (Lipinski definition) is 3. The number of carbonyl (C=O) groups is 1. The Kier molecular flexibility index (Phi) is 7.16. The number of nitrogens with one attached hydrogen (secondary N) is 3. The van der Waals surface area contributed by atoms with E-state index in [1.165, 1.54) is 28.2 Å². The van der Waals surface area contributed by atoms with Crippen LogP contribution in [-0.2, 0) is 4.79 Å². The summed E-state index contributed by atoms with van der Waals surface area (Å²) in [6, 6.07) is 10.9. The Bertz CT molecular complexity index is 1810. The Hall–Kier alpha value is -3.78. The van der Waals surface area contributed by atoms with E-state index in [-0.39, 0.29) is 46.5 Å². The third-order valence-electron chi connectivity index (χ3n) is 6.43. The van der Waals surface area contributed by atoms with Crippen molar-refractivity contribution in [2.24, 2.45) is 0 Å². The molecular formula is C27H26FIN6O4. The first-order valence-electron chi connectivity index (χ1n) is 12.3. The molecule has 1 saturated carbocycles. The number of carbonyl (C=O) groups excluding carboxylic acids is 1. The zero-order valence-electron chi connectivity index (χ0n) is 21.5. The Morgan fingerprint density at radius 3 is 2.56 bits per heavy atom. The largest absolute Gasteiger partial charge is 0.339 e. The van der Waals surface area contributed by atoms with Crippen molar-refractivity contribution < 1.29 is 9.18 Å². The Labute approximate surface area is 235 Å². The first kappa shape index (κ1) is 26.8. The van der Waals surface area contributed by atoms with Gasteiger partial charge < -0.3 is 20.5 Å². The van der Waals surface area contributed by atoms with Crippen LogP contribution < -0.4 is 27.4 Å². The van der Waals surface area contributed by atoms with Crippen molar-refractivity contribution >= 4 is 56.6 Å². The van der Waals surface area contributed by atoms with Crippen LogP contribution in [0, 0.1) is 16.3 Å². The molecule has 0 aliphatic heterocycles. The fourth-order valence-electron chi connectivity index (χ4n) is 4.51. The number of pyridine rings is 1. The lowest BCUT2D eigenvalue weighted by atomic mass is 10.1. The number of benzene rings is 2. The van der Waals surface area contributed by atoms with E-state index in [0.29, 0.717) is 27.8 Å². The predicted molar refractivity (Wildman–Crippen MR) is 157 cm³/mol. The van der Waals surface area contributed by atoms with Crippen molar-refractivity contribution in [1.29, 1.82) is 0 Å². The lowest BCUT2D eigenvalue weighted by molar-refractivity contribution is -0.116. The van der Waals surface area contributed by atoms with Crippen LogP contribution in [0.25, 0.3) is 16.6 Å². The van der Waals surface area contributed by atoms with Gasteiger partial charge in [-0.3, -0.25) is 23.5 Å². The van der Waals surface area contributed by atoms with E-state index in [1.807, 2.05) is 22.6 Å². The summed E-state index contributed by atoms with van der Waals surface area (Å²) in [4.78, 5) is 57.4. The van der Waals surface area contributed by atoms with Crippen LogP contribution in [0.15, 0.2) is 56.8 Å². The summed E-state index contributed by atoms with van der Waals surface area (Å²) in [6.07, 6.45) is 1.33. The van der Waals surface area contributed by atoms with E-state index in [4.69, 9.17) is 0 Å². The highest BCUT2D eigenvalue weighted by Gasteiger charge is 2.31. The van der Waals surface area contributed by atoms with Gasteiger partial charge in [0.1, 0.15) is 17.0 Å². The fraction of sp³-hybridized carbons (Fsp3) is 0.259. The molecule has 39 heavy (non-hydrogen) atoms. The number of amides is 1. The first-order chi connectivity index (χ1) is 18.5. The van der Waals surface area contributed by atoms with E-state index in [2.05, 4.69) is 15.6 Å². The van der Waals surface area contributed by atoms with Gasteiger partial charge in [-0.25, -0.2) is 9.18 Å². The average molecular weight is 644 g/mol. The number of aromatic nitrogens is 3. The van der Waals surface area contributed by atoms with Crippen LogP contribution >= 0.6 is 22.6 Å². The van der Waals surface area contributed by atoms with Gasteiger partial charge in [0.25, 0.3) is 11.1 Å². The Morgan fingerprint density at radius 1 is 1.15 bits per heavy atom. The molecule has 0 radical (unpaired) electrons. The number of aryl methyl sites for hydroxylation is 1. The van der Waals surface area contributed by atoms with E-state index < -0.39 is 22.6 Å². The summed E-state index contributed by atoms with van der Waals surface area (Å²) < 4.78 is 17.9. The second-order valence-corrected chi connectivity index (χ2v) is 11.0. The smallest absolute Gasteiger partial charge is 0.336 e. The lowest BCUT2D eigenvalue weighted by Crippen LogP contribution is -2.40. The van der Waals surface area contributed by atoms with Gasteiger partial charge in [0.2, 0.25) is 5.91 Å². The van der Waals surface area contributed by atoms with Crippen molar-refractivity contribution in [2.45, 2.75) is 25.8 Å². The summed E-state index contributed by atoms with van der Waals surface area (Å²) in [5.41, 5.74) is -0.565. The molecule has 202 valence electrons. The summed E-state index contributed by atoms with van der Waals surface area (Å²) in [7, 11) is 3.55. The molecule has 1 amide bonds. The molecule has 2 aromatic carbocycles. The summed E-state index contributed by atoms with van der Waals surface area (Å²) >= 11 is 1.98. The maximum absolute atomic E-state index is 14.7. The zero-order valence-corrected chi connectivity index (χ0v) is 23.6. The molecule has 0 spiro atoms. The zero-order chi connectivity index (χ0) is 28.0. The van der Waals surface area contributed by atoms with Crippen molar-refractivity contribution in [3.8, 4) is 5.69 Å². The highest BCUT2D eigenvalue weighted by atomic mass is 127. The SMILES string of the molecule is Cc1c(=O)[nH]c(Nc2ccc(I)cc2F)c2c(=O)n(C3CC3)c(=O)n(-c3cccc(NC(=O)CN(C)C)c3)c12. The molecule has 1 aliphatic carbocycles. The second kappa shape index (κ2) is 10.4. The number of anilines is 3. The number of rotatable bonds is 7. The average Bonchev–Trinajstić information content (AvgIpc) is 3.68. The minimum atomic E-state index is -0.591. The predicted octanol–water partition coefficient (Wildman–Crippen LogP) is 3.47. The first-order valence-corrected chi connectivity index (χ1v) is 13.3. The highest BCUT2D eigenvalue weighted by molar-refractivity contribution is 14.1. The summed E-state index contributed by atoms with van der Waals surface area (Å²) in [5.74, 6) is -0.811. The summed E-state index contributed by atoms with van der Waals surface area (Å²) in [5, 5.41) is 5.73. The minimum absolute atomic E-state index is 0.00991. The third kappa shape index (κ3) is 5.26. The topological polar surface area (TPSA) is 121 Å². The molecule has 0 saturated heterocycles. The van der Waals surface area contributed by atoms with E-state index in [1.54, 1.807) is 49.3 Å². The maximum atomic E-state index is 14.7. The van der Waals surface area contributed by atoms with Crippen LogP contribution in [0.5, 0.6) is 0 Å². The molecular weight excluding hydrogens is 618 g/mol. The van der Waals surface area contributed by atoms with Gasteiger partial charge in [-0.1, -0.05) is 6.07 Å². The molecule has 5 rings (SSSR count). The van der Waals surface area contributed by atoms with Crippen LogP contribution in [-0.4, -0.2) is 45.6 Å². The Morgan fingerprint density at radius 2 is 1.90 bits per heavy atom. The van der Waals surface area contributed by atoms with Crippen molar-refractivity contribution in [3.05, 3.63) is 88.6 Å². The highest BCUT2D eigenvalue weighted by Crippen LogP contribution is 2.34. The van der Waals surface area contributed by atoms with Gasteiger partial charge in [0, 0.05) is 20.9 Å². The molecule has 0 bridgehead atoms. The number of hydrogen-bond acceptors (Lipinski definition) is 6. The molecule has 2 aromatic heterocycles. The quantitative estimate of drug-likeness (QED) is 0.265. The fourth-order valence-corrected chi connectivity index (χ4v) is 4.96. The van der Waals surface area contributed by atoms with Crippen LogP contribution in [0.2, 0.25) is 0 Å². The monoisotopic (exact) mass is 644 g/mol. The van der Waals surface area contributed by atoms with Crippen LogP contribution in [0.3, 0.4) is 0 Å². The van der Waals surface area contributed by atoms with Crippen molar-refractivity contribution in [1.82, 2.24) is 19.0 Å². The standard InChI is InChI=1S/C27H26FIN6O4/c1-14-23-22(24(32-25(14)37)31-20-10-7-15(29)11-19(20)28)26(38)35(17-8-9-17)27(39)34(23)18-6-4-5-16(12-18)30-21(36)13-33(2)3/h4-7,10-12,17H,8-9,13H2,1-3H3,(H,30,36)(H2,31,32,37). The third-order valence-corrected chi connectivity index (χ3v) is 7.10. The number of nitrogens with zero attached hydrogens (tertiary/aromatic N) is 3. The molecule has 10 nitrogen and oxygen atoms in total. The van der Waals surface area contributed by atoms with Crippen LogP contribution in [0.1, 0.15) is 24.4 Å². The van der Waals surface area contributed by atoms with Gasteiger partial charge in [-0.2, -0.15) is 0 Å². The molecule has 1 aliphatic rings. The molecule has 0 unspecified atom stereocenters. The van der Waals surface area contributed by atoms with Gasteiger partial charge >= 0.3 is 5.69 Å². The molecule has 12 heteroatoms. The van der Waals surface area contributed by atoms with Gasteiger partial charge in [0.15, 0.2) is 0 Å². The van der Waals surface area contributed by atoms with Crippen molar-refractivity contribution in [2.75, 3.05) is 31.3 Å².